The number of likely N-dealkylation sites (tertiary alicyclic amines) is 1. The van der Waals surface area contributed by atoms with Gasteiger partial charge < -0.3 is 20.1 Å². The summed E-state index contributed by atoms with van der Waals surface area (Å²) >= 11 is 0. The highest BCUT2D eigenvalue weighted by molar-refractivity contribution is 5.82. The Labute approximate surface area is 205 Å². The predicted octanol–water partition coefficient (Wildman–Crippen LogP) is 4.26. The van der Waals surface area contributed by atoms with Crippen LogP contribution in [0.4, 0.5) is 4.79 Å². The molecule has 2 N–H and O–H groups in total. The number of carboxylic acids is 1. The Morgan fingerprint density at radius 2 is 1.71 bits per heavy atom. The Kier molecular flexibility index (Phi) is 6.26. The zero-order valence-electron chi connectivity index (χ0n) is 20.0. The Balaban J connectivity index is 1.15. The molecule has 7 heteroatoms. The van der Waals surface area contributed by atoms with Crippen LogP contribution in [0.2, 0.25) is 0 Å². The van der Waals surface area contributed by atoms with E-state index >= 15 is 0 Å². The number of carbonyl (C=O) groups is 3. The van der Waals surface area contributed by atoms with E-state index in [0.717, 1.165) is 19.3 Å². The number of nitrogens with zero attached hydrogens (tertiary/aromatic N) is 1. The molecule has 3 unspecified atom stereocenters. The molecule has 2 aromatic carbocycles. The van der Waals surface area contributed by atoms with Crippen molar-refractivity contribution in [2.45, 2.75) is 38.5 Å². The predicted molar refractivity (Wildman–Crippen MR) is 131 cm³/mol. The van der Waals surface area contributed by atoms with Gasteiger partial charge in [-0.1, -0.05) is 55.0 Å². The molecule has 1 saturated carbocycles. The third kappa shape index (κ3) is 4.40. The Hall–Kier alpha value is -3.35. The first kappa shape index (κ1) is 23.4. The van der Waals surface area contributed by atoms with E-state index in [1.165, 1.54) is 22.3 Å². The number of hydrogen-bond donors (Lipinski definition) is 2. The Bertz CT molecular complexity index is 1100. The normalized spacial score (nSPS) is 25.2. The summed E-state index contributed by atoms with van der Waals surface area (Å²) in [5.74, 6) is -0.966. The molecule has 184 valence electrons. The lowest BCUT2D eigenvalue weighted by Gasteiger charge is -2.26. The smallest absolute Gasteiger partial charge is 0.407 e. The molecule has 0 spiro atoms. The minimum atomic E-state index is -0.872. The minimum Gasteiger partial charge on any atom is -0.481 e. The number of amides is 2. The van der Waals surface area contributed by atoms with Gasteiger partial charge in [-0.3, -0.25) is 9.59 Å². The number of carbonyl (C=O) groups excluding carboxylic acids is 2. The largest absolute Gasteiger partial charge is 0.481 e. The van der Waals surface area contributed by atoms with Gasteiger partial charge in [0.15, 0.2) is 0 Å². The van der Waals surface area contributed by atoms with Crippen LogP contribution in [0.1, 0.15) is 49.7 Å². The molecule has 7 nitrogen and oxygen atoms in total. The fourth-order valence-electron chi connectivity index (χ4n) is 6.03. The fraction of sp³-hybridized carbons (Fsp3) is 0.464. The van der Waals surface area contributed by atoms with Gasteiger partial charge in [-0.05, 0) is 54.4 Å². The highest BCUT2D eigenvalue weighted by Crippen LogP contribution is 2.44. The minimum absolute atomic E-state index is 0.00710. The number of carboxylic acid groups (broad SMARTS) is 1. The van der Waals surface area contributed by atoms with Crippen LogP contribution in [-0.4, -0.2) is 54.2 Å². The van der Waals surface area contributed by atoms with E-state index in [1.54, 1.807) is 11.8 Å². The molecule has 0 aromatic heterocycles. The van der Waals surface area contributed by atoms with Gasteiger partial charge in [0.2, 0.25) is 5.91 Å². The summed E-state index contributed by atoms with van der Waals surface area (Å²) in [6.07, 6.45) is 2.57. The van der Waals surface area contributed by atoms with Crippen LogP contribution < -0.4 is 5.32 Å². The molecule has 2 aromatic rings. The topological polar surface area (TPSA) is 95.9 Å². The molecule has 2 amide bonds. The lowest BCUT2D eigenvalue weighted by molar-refractivity contribution is -0.147. The lowest BCUT2D eigenvalue weighted by Crippen LogP contribution is -2.41. The molecular weight excluding hydrogens is 444 g/mol. The summed E-state index contributed by atoms with van der Waals surface area (Å²) in [7, 11) is 0. The van der Waals surface area contributed by atoms with Crippen LogP contribution in [0.5, 0.6) is 0 Å². The van der Waals surface area contributed by atoms with Crippen LogP contribution in [0, 0.1) is 17.3 Å². The van der Waals surface area contributed by atoms with E-state index in [1.807, 2.05) is 24.3 Å². The molecule has 2 fully saturated rings. The van der Waals surface area contributed by atoms with Crippen molar-refractivity contribution in [3.8, 4) is 11.1 Å². The van der Waals surface area contributed by atoms with E-state index in [2.05, 4.69) is 29.6 Å². The maximum atomic E-state index is 13.1. The van der Waals surface area contributed by atoms with Crippen LogP contribution in [0.15, 0.2) is 48.5 Å². The fourth-order valence-corrected chi connectivity index (χ4v) is 6.03. The zero-order valence-corrected chi connectivity index (χ0v) is 20.0. The summed E-state index contributed by atoms with van der Waals surface area (Å²) in [6.45, 7) is 3.08. The van der Waals surface area contributed by atoms with Crippen molar-refractivity contribution < 1.29 is 24.2 Å². The number of rotatable bonds is 6. The van der Waals surface area contributed by atoms with Crippen LogP contribution in [-0.2, 0) is 14.3 Å². The van der Waals surface area contributed by atoms with Crippen molar-refractivity contribution in [1.29, 1.82) is 0 Å². The highest BCUT2D eigenvalue weighted by atomic mass is 16.5. The first-order valence-corrected chi connectivity index (χ1v) is 12.5. The van der Waals surface area contributed by atoms with Gasteiger partial charge in [0, 0.05) is 31.5 Å². The molecular formula is C28H32N2O5. The van der Waals surface area contributed by atoms with E-state index in [0.29, 0.717) is 19.5 Å². The van der Waals surface area contributed by atoms with Crippen molar-refractivity contribution in [2.24, 2.45) is 17.3 Å². The lowest BCUT2D eigenvalue weighted by atomic mass is 9.90. The summed E-state index contributed by atoms with van der Waals surface area (Å²) in [5.41, 5.74) is 3.84. The van der Waals surface area contributed by atoms with Crippen molar-refractivity contribution in [3.63, 3.8) is 0 Å². The molecule has 2 aliphatic carbocycles. The summed E-state index contributed by atoms with van der Waals surface area (Å²) < 4.78 is 5.64. The Morgan fingerprint density at radius 3 is 2.34 bits per heavy atom. The number of hydrogen-bond acceptors (Lipinski definition) is 4. The summed E-state index contributed by atoms with van der Waals surface area (Å²) in [5, 5.41) is 12.4. The maximum absolute atomic E-state index is 13.1. The van der Waals surface area contributed by atoms with Gasteiger partial charge >= 0.3 is 12.1 Å². The third-order valence-corrected chi connectivity index (χ3v) is 8.13. The number of aliphatic carboxylic acids is 1. The standard InChI is InChI=1S/C28H32N2O5/c1-28(26(32)33)13-14-30(17-28)25(31)19-12-6-7-18(19)15-29-27(34)35-16-24-22-10-4-2-8-20(22)21-9-3-5-11-23(21)24/h2-5,8-11,18-19,24H,6-7,12-17H2,1H3,(H,29,34)(H,32,33). The summed E-state index contributed by atoms with van der Waals surface area (Å²) in [4.78, 5) is 39.0. The quantitative estimate of drug-likeness (QED) is 0.649. The average molecular weight is 477 g/mol. The number of nitrogens with one attached hydrogen (secondary N) is 1. The van der Waals surface area contributed by atoms with E-state index in [4.69, 9.17) is 4.74 Å². The van der Waals surface area contributed by atoms with Crippen LogP contribution in [0.3, 0.4) is 0 Å². The van der Waals surface area contributed by atoms with Crippen molar-refractivity contribution in [3.05, 3.63) is 59.7 Å². The number of benzene rings is 2. The van der Waals surface area contributed by atoms with Crippen molar-refractivity contribution in [2.75, 3.05) is 26.2 Å². The molecule has 0 bridgehead atoms. The molecule has 0 radical (unpaired) electrons. The first-order chi connectivity index (χ1) is 16.9. The second-order valence-electron chi connectivity index (χ2n) is 10.4. The SMILES string of the molecule is CC1(C(=O)O)CCN(C(=O)C2CCCC2CNC(=O)OCC2c3ccccc3-c3ccccc32)C1. The number of fused-ring (bicyclic) bond motifs is 3. The molecule has 35 heavy (non-hydrogen) atoms. The molecule has 3 atom stereocenters. The molecule has 1 heterocycles. The third-order valence-electron chi connectivity index (χ3n) is 8.13. The number of ether oxygens (including phenoxy) is 1. The van der Waals surface area contributed by atoms with E-state index in [9.17, 15) is 19.5 Å². The van der Waals surface area contributed by atoms with Gasteiger partial charge in [-0.25, -0.2) is 4.79 Å². The highest BCUT2D eigenvalue weighted by Gasteiger charge is 2.45. The molecule has 1 saturated heterocycles. The van der Waals surface area contributed by atoms with Crippen LogP contribution in [0.25, 0.3) is 11.1 Å². The zero-order chi connectivity index (χ0) is 24.6. The van der Waals surface area contributed by atoms with Gasteiger partial charge in [-0.15, -0.1) is 0 Å². The molecule has 5 rings (SSSR count). The van der Waals surface area contributed by atoms with Crippen LogP contribution >= 0.6 is 0 Å². The second-order valence-corrected chi connectivity index (χ2v) is 10.4. The number of alkyl carbamates (subject to hydrolysis) is 1. The van der Waals surface area contributed by atoms with Gasteiger partial charge in [-0.2, -0.15) is 0 Å². The summed E-state index contributed by atoms with van der Waals surface area (Å²) in [6, 6.07) is 16.4. The second kappa shape index (κ2) is 9.36. The van der Waals surface area contributed by atoms with Crippen molar-refractivity contribution in [1.82, 2.24) is 10.2 Å². The van der Waals surface area contributed by atoms with E-state index in [-0.39, 0.29) is 36.8 Å². The van der Waals surface area contributed by atoms with Gasteiger partial charge in [0.25, 0.3) is 0 Å². The monoisotopic (exact) mass is 476 g/mol. The van der Waals surface area contributed by atoms with Gasteiger partial charge in [0.05, 0.1) is 5.41 Å². The first-order valence-electron chi connectivity index (χ1n) is 12.5. The van der Waals surface area contributed by atoms with Crippen molar-refractivity contribution >= 4 is 18.0 Å². The molecule has 1 aliphatic heterocycles. The van der Waals surface area contributed by atoms with E-state index < -0.39 is 17.5 Å². The Morgan fingerprint density at radius 1 is 1.06 bits per heavy atom. The average Bonchev–Trinajstić information content (AvgIpc) is 3.57. The van der Waals surface area contributed by atoms with Gasteiger partial charge in [0.1, 0.15) is 6.61 Å². The molecule has 3 aliphatic rings. The maximum Gasteiger partial charge on any atom is 0.407 e.